The molecule has 0 aromatic heterocycles. The van der Waals surface area contributed by atoms with Gasteiger partial charge < -0.3 is 14.5 Å². The number of carbonyl (C=O) groups is 2. The summed E-state index contributed by atoms with van der Waals surface area (Å²) in [6.45, 7) is 3.46. The van der Waals surface area contributed by atoms with Crippen LogP contribution in [0.25, 0.3) is 0 Å². The molecule has 2 aliphatic heterocycles. The number of nitrogens with zero attached hydrogens (tertiary/aromatic N) is 2. The van der Waals surface area contributed by atoms with Crippen LogP contribution in [-0.2, 0) is 9.53 Å². The minimum absolute atomic E-state index is 0.00573. The second kappa shape index (κ2) is 7.92. The molecule has 140 valence electrons. The van der Waals surface area contributed by atoms with Crippen LogP contribution in [0.2, 0.25) is 0 Å². The SMILES string of the molecule is O=C(c1ccccc1)N1CC(C(=O)N2CCOCC2)C(c2ccccc2)C1. The topological polar surface area (TPSA) is 49.9 Å². The molecule has 0 spiro atoms. The molecule has 0 saturated carbocycles. The Kier molecular flexibility index (Phi) is 5.21. The molecular formula is C22H24N2O3. The molecule has 2 heterocycles. The first-order valence-corrected chi connectivity index (χ1v) is 9.50. The van der Waals surface area contributed by atoms with Crippen molar-refractivity contribution in [3.05, 3.63) is 71.8 Å². The van der Waals surface area contributed by atoms with Crippen LogP contribution in [-0.4, -0.2) is 61.0 Å². The van der Waals surface area contributed by atoms with Gasteiger partial charge in [0, 0.05) is 37.7 Å². The molecule has 2 saturated heterocycles. The molecule has 27 heavy (non-hydrogen) atoms. The minimum Gasteiger partial charge on any atom is -0.378 e. The third-order valence-electron chi connectivity index (χ3n) is 5.50. The Labute approximate surface area is 159 Å². The van der Waals surface area contributed by atoms with Gasteiger partial charge in [-0.05, 0) is 17.7 Å². The van der Waals surface area contributed by atoms with E-state index in [4.69, 9.17) is 4.74 Å². The van der Waals surface area contributed by atoms with Gasteiger partial charge in [-0.3, -0.25) is 9.59 Å². The van der Waals surface area contributed by atoms with Gasteiger partial charge in [0.1, 0.15) is 0 Å². The molecule has 2 aliphatic rings. The van der Waals surface area contributed by atoms with Gasteiger partial charge in [-0.2, -0.15) is 0 Å². The van der Waals surface area contributed by atoms with Crippen molar-refractivity contribution < 1.29 is 14.3 Å². The van der Waals surface area contributed by atoms with Crippen LogP contribution in [0.3, 0.4) is 0 Å². The van der Waals surface area contributed by atoms with Gasteiger partial charge in [-0.15, -0.1) is 0 Å². The van der Waals surface area contributed by atoms with E-state index in [0.717, 1.165) is 5.56 Å². The molecule has 5 heteroatoms. The van der Waals surface area contributed by atoms with Crippen LogP contribution < -0.4 is 0 Å². The lowest BCUT2D eigenvalue weighted by atomic mass is 9.88. The summed E-state index contributed by atoms with van der Waals surface area (Å²) in [7, 11) is 0. The van der Waals surface area contributed by atoms with Gasteiger partial charge >= 0.3 is 0 Å². The van der Waals surface area contributed by atoms with E-state index in [-0.39, 0.29) is 23.7 Å². The van der Waals surface area contributed by atoms with Crippen LogP contribution in [0.1, 0.15) is 21.8 Å². The van der Waals surface area contributed by atoms with Crippen molar-refractivity contribution in [3.63, 3.8) is 0 Å². The Balaban J connectivity index is 1.59. The lowest BCUT2D eigenvalue weighted by Crippen LogP contribution is -2.45. The van der Waals surface area contributed by atoms with Gasteiger partial charge in [-0.1, -0.05) is 48.5 Å². The number of rotatable bonds is 3. The Morgan fingerprint density at radius 2 is 1.44 bits per heavy atom. The maximum atomic E-state index is 13.2. The van der Waals surface area contributed by atoms with Gasteiger partial charge in [0.15, 0.2) is 0 Å². The lowest BCUT2D eigenvalue weighted by molar-refractivity contribution is -0.139. The number of ether oxygens (including phenoxy) is 1. The van der Waals surface area contributed by atoms with E-state index in [9.17, 15) is 9.59 Å². The zero-order chi connectivity index (χ0) is 18.6. The molecule has 2 aromatic carbocycles. The summed E-state index contributed by atoms with van der Waals surface area (Å²) in [6.07, 6.45) is 0. The lowest BCUT2D eigenvalue weighted by Gasteiger charge is -2.30. The Bertz CT molecular complexity index is 788. The van der Waals surface area contributed by atoms with Crippen LogP contribution >= 0.6 is 0 Å². The van der Waals surface area contributed by atoms with E-state index in [2.05, 4.69) is 12.1 Å². The normalized spacial score (nSPS) is 22.7. The number of hydrogen-bond acceptors (Lipinski definition) is 3. The average Bonchev–Trinajstić information content (AvgIpc) is 3.20. The van der Waals surface area contributed by atoms with E-state index in [1.54, 1.807) is 0 Å². The standard InChI is InChI=1S/C22H24N2O3/c25-21(18-9-5-2-6-10-18)24-15-19(17-7-3-1-4-8-17)20(16-24)22(26)23-11-13-27-14-12-23/h1-10,19-20H,11-16H2. The predicted octanol–water partition coefficient (Wildman–Crippen LogP) is 2.40. The summed E-state index contributed by atoms with van der Waals surface area (Å²) >= 11 is 0. The van der Waals surface area contributed by atoms with Crippen LogP contribution in [0.5, 0.6) is 0 Å². The number of benzene rings is 2. The summed E-state index contributed by atoms with van der Waals surface area (Å²) < 4.78 is 5.38. The number of morpholine rings is 1. The van der Waals surface area contributed by atoms with E-state index in [1.165, 1.54) is 0 Å². The number of amides is 2. The second-order valence-corrected chi connectivity index (χ2v) is 7.14. The number of likely N-dealkylation sites (tertiary alicyclic amines) is 1. The molecule has 2 fully saturated rings. The van der Waals surface area contributed by atoms with Crippen LogP contribution in [0, 0.1) is 5.92 Å². The fraction of sp³-hybridized carbons (Fsp3) is 0.364. The highest BCUT2D eigenvalue weighted by atomic mass is 16.5. The fourth-order valence-electron chi connectivity index (χ4n) is 4.04. The summed E-state index contributed by atoms with van der Waals surface area (Å²) in [5.74, 6) is -0.0586. The second-order valence-electron chi connectivity index (χ2n) is 7.14. The monoisotopic (exact) mass is 364 g/mol. The minimum atomic E-state index is -0.210. The quantitative estimate of drug-likeness (QED) is 0.840. The van der Waals surface area contributed by atoms with Gasteiger partial charge in [0.05, 0.1) is 19.1 Å². The molecule has 2 amide bonds. The maximum Gasteiger partial charge on any atom is 0.253 e. The molecule has 0 N–H and O–H groups in total. The Morgan fingerprint density at radius 1 is 0.815 bits per heavy atom. The summed E-state index contributed by atoms with van der Waals surface area (Å²) in [6, 6.07) is 19.4. The first kappa shape index (κ1) is 17.7. The van der Waals surface area contributed by atoms with E-state index in [1.807, 2.05) is 58.3 Å². The molecule has 2 atom stereocenters. The van der Waals surface area contributed by atoms with Crippen molar-refractivity contribution in [1.29, 1.82) is 0 Å². The highest BCUT2D eigenvalue weighted by Gasteiger charge is 2.42. The molecule has 0 radical (unpaired) electrons. The van der Waals surface area contributed by atoms with Crippen molar-refractivity contribution in [1.82, 2.24) is 9.80 Å². The molecule has 4 rings (SSSR count). The highest BCUT2D eigenvalue weighted by Crippen LogP contribution is 2.35. The zero-order valence-electron chi connectivity index (χ0n) is 15.3. The number of hydrogen-bond donors (Lipinski definition) is 0. The molecule has 0 aliphatic carbocycles. The van der Waals surface area contributed by atoms with Crippen molar-refractivity contribution in [2.45, 2.75) is 5.92 Å². The van der Waals surface area contributed by atoms with Gasteiger partial charge in [0.2, 0.25) is 5.91 Å². The largest absolute Gasteiger partial charge is 0.378 e. The summed E-state index contributed by atoms with van der Waals surface area (Å²) in [5, 5.41) is 0. The van der Waals surface area contributed by atoms with Crippen LogP contribution in [0.15, 0.2) is 60.7 Å². The van der Waals surface area contributed by atoms with Crippen molar-refractivity contribution >= 4 is 11.8 Å². The first-order chi connectivity index (χ1) is 13.2. The van der Waals surface area contributed by atoms with Crippen molar-refractivity contribution in [2.75, 3.05) is 39.4 Å². The first-order valence-electron chi connectivity index (χ1n) is 9.50. The average molecular weight is 364 g/mol. The molecule has 2 unspecified atom stereocenters. The summed E-state index contributed by atoms with van der Waals surface area (Å²) in [5.41, 5.74) is 1.79. The van der Waals surface area contributed by atoms with Gasteiger partial charge in [0.25, 0.3) is 5.91 Å². The summed E-state index contributed by atoms with van der Waals surface area (Å²) in [4.78, 5) is 29.9. The van der Waals surface area contributed by atoms with E-state index in [0.29, 0.717) is 45.0 Å². The van der Waals surface area contributed by atoms with Gasteiger partial charge in [-0.25, -0.2) is 0 Å². The molecule has 5 nitrogen and oxygen atoms in total. The van der Waals surface area contributed by atoms with Crippen molar-refractivity contribution in [2.24, 2.45) is 5.92 Å². The molecule has 2 aromatic rings. The molecule has 0 bridgehead atoms. The zero-order valence-corrected chi connectivity index (χ0v) is 15.3. The Morgan fingerprint density at radius 3 is 2.11 bits per heavy atom. The Hall–Kier alpha value is -2.66. The highest BCUT2D eigenvalue weighted by molar-refractivity contribution is 5.95. The van der Waals surface area contributed by atoms with E-state index < -0.39 is 0 Å². The smallest absolute Gasteiger partial charge is 0.253 e. The van der Waals surface area contributed by atoms with Crippen molar-refractivity contribution in [3.8, 4) is 0 Å². The third-order valence-corrected chi connectivity index (χ3v) is 5.50. The number of carbonyl (C=O) groups excluding carboxylic acids is 2. The fourth-order valence-corrected chi connectivity index (χ4v) is 4.04. The predicted molar refractivity (Wildman–Crippen MR) is 102 cm³/mol. The molecular weight excluding hydrogens is 340 g/mol. The maximum absolute atomic E-state index is 13.2. The third kappa shape index (κ3) is 3.74. The van der Waals surface area contributed by atoms with E-state index >= 15 is 0 Å². The van der Waals surface area contributed by atoms with Crippen LogP contribution in [0.4, 0.5) is 0 Å².